The molecular formula is C22H27N3O5S. The number of sulfonamides is 1. The Morgan fingerprint density at radius 1 is 1.10 bits per heavy atom. The fourth-order valence-electron chi connectivity index (χ4n) is 3.52. The van der Waals surface area contributed by atoms with Crippen LogP contribution in [0.3, 0.4) is 0 Å². The van der Waals surface area contributed by atoms with Crippen LogP contribution >= 0.6 is 0 Å². The minimum atomic E-state index is -3.84. The molecule has 0 amide bonds. The summed E-state index contributed by atoms with van der Waals surface area (Å²) in [5.41, 5.74) is 0.316. The van der Waals surface area contributed by atoms with Gasteiger partial charge in [0.1, 0.15) is 11.6 Å². The van der Waals surface area contributed by atoms with Crippen molar-refractivity contribution >= 4 is 20.9 Å². The molecule has 0 bridgehead atoms. The number of methoxy groups -OCH3 is 2. The summed E-state index contributed by atoms with van der Waals surface area (Å²) in [6.07, 6.45) is 0.434. The van der Waals surface area contributed by atoms with Crippen molar-refractivity contribution in [2.24, 2.45) is 0 Å². The molecule has 9 heteroatoms. The Hall–Kier alpha value is -2.75. The van der Waals surface area contributed by atoms with Crippen LogP contribution < -0.4 is 10.3 Å². The molecule has 0 N–H and O–H groups in total. The smallest absolute Gasteiger partial charge is 0.261 e. The van der Waals surface area contributed by atoms with Crippen LogP contribution in [0.2, 0.25) is 0 Å². The van der Waals surface area contributed by atoms with Crippen LogP contribution in [0.15, 0.2) is 58.2 Å². The Morgan fingerprint density at radius 3 is 2.39 bits per heavy atom. The summed E-state index contributed by atoms with van der Waals surface area (Å²) in [5, 5.41) is 0.484. The molecule has 0 saturated carbocycles. The second-order valence-corrected chi connectivity index (χ2v) is 9.06. The Kier molecular flexibility index (Phi) is 7.09. The summed E-state index contributed by atoms with van der Waals surface area (Å²) < 4.78 is 39.7. The third-order valence-electron chi connectivity index (χ3n) is 5.27. The fraction of sp³-hybridized carbons (Fsp3) is 0.364. The van der Waals surface area contributed by atoms with E-state index in [2.05, 4.69) is 0 Å². The Morgan fingerprint density at radius 2 is 1.77 bits per heavy atom. The minimum Gasteiger partial charge on any atom is -0.497 e. The van der Waals surface area contributed by atoms with Crippen molar-refractivity contribution in [2.75, 3.05) is 27.9 Å². The normalized spacial score (nSPS) is 12.9. The first kappa shape index (κ1) is 22.9. The minimum absolute atomic E-state index is 0.140. The van der Waals surface area contributed by atoms with Crippen molar-refractivity contribution < 1.29 is 17.9 Å². The molecule has 31 heavy (non-hydrogen) atoms. The molecule has 0 saturated heterocycles. The molecule has 0 aliphatic heterocycles. The molecule has 166 valence electrons. The quantitative estimate of drug-likeness (QED) is 0.503. The van der Waals surface area contributed by atoms with Crippen LogP contribution in [0, 0.1) is 0 Å². The van der Waals surface area contributed by atoms with Crippen molar-refractivity contribution in [3.8, 4) is 5.75 Å². The second kappa shape index (κ2) is 9.59. The summed E-state index contributed by atoms with van der Waals surface area (Å²) in [5.74, 6) is 0.959. The van der Waals surface area contributed by atoms with Gasteiger partial charge in [0.15, 0.2) is 0 Å². The van der Waals surface area contributed by atoms with Crippen molar-refractivity contribution in [3.63, 3.8) is 0 Å². The molecule has 0 fully saturated rings. The van der Waals surface area contributed by atoms with E-state index in [1.54, 1.807) is 43.5 Å². The summed E-state index contributed by atoms with van der Waals surface area (Å²) in [7, 11) is 0.748. The first-order valence-corrected chi connectivity index (χ1v) is 11.4. The van der Waals surface area contributed by atoms with Gasteiger partial charge in [-0.25, -0.2) is 13.4 Å². The number of hydrogen-bond acceptors (Lipinski definition) is 6. The molecular weight excluding hydrogens is 418 g/mol. The van der Waals surface area contributed by atoms with Crippen LogP contribution in [0.1, 0.15) is 25.2 Å². The SMILES string of the molecule is CCC(c1nc2ccccc2c(=O)n1CCOC)N(C)S(=O)(=O)c1ccc(OC)cc1. The number of ether oxygens (including phenoxy) is 2. The van der Waals surface area contributed by atoms with Gasteiger partial charge in [-0.2, -0.15) is 4.31 Å². The number of rotatable bonds is 9. The predicted octanol–water partition coefficient (Wildman–Crippen LogP) is 2.82. The van der Waals surface area contributed by atoms with Gasteiger partial charge >= 0.3 is 0 Å². The third-order valence-corrected chi connectivity index (χ3v) is 7.15. The average molecular weight is 446 g/mol. The lowest BCUT2D eigenvalue weighted by molar-refractivity contribution is 0.182. The van der Waals surface area contributed by atoms with Gasteiger partial charge in [-0.15, -0.1) is 0 Å². The zero-order valence-electron chi connectivity index (χ0n) is 18.1. The molecule has 3 rings (SSSR count). The predicted molar refractivity (Wildman–Crippen MR) is 119 cm³/mol. The molecule has 0 radical (unpaired) electrons. The van der Waals surface area contributed by atoms with E-state index >= 15 is 0 Å². The summed E-state index contributed by atoms with van der Waals surface area (Å²) in [4.78, 5) is 18.0. The number of benzene rings is 2. The molecule has 1 unspecified atom stereocenters. The van der Waals surface area contributed by atoms with E-state index in [1.807, 2.05) is 6.92 Å². The van der Waals surface area contributed by atoms with Crippen molar-refractivity contribution in [1.82, 2.24) is 13.9 Å². The molecule has 0 aliphatic rings. The monoisotopic (exact) mass is 445 g/mol. The molecule has 2 aromatic carbocycles. The lowest BCUT2D eigenvalue weighted by Gasteiger charge is -2.28. The molecule has 1 aromatic heterocycles. The first-order valence-electron chi connectivity index (χ1n) is 9.95. The van der Waals surface area contributed by atoms with E-state index in [9.17, 15) is 13.2 Å². The molecule has 1 heterocycles. The molecule has 1 atom stereocenters. The highest BCUT2D eigenvalue weighted by molar-refractivity contribution is 7.89. The molecule has 3 aromatic rings. The Balaban J connectivity index is 2.12. The lowest BCUT2D eigenvalue weighted by Crippen LogP contribution is -2.37. The van der Waals surface area contributed by atoms with E-state index in [4.69, 9.17) is 14.5 Å². The van der Waals surface area contributed by atoms with Crippen molar-refractivity contribution in [3.05, 3.63) is 64.7 Å². The number of para-hydroxylation sites is 1. The van der Waals surface area contributed by atoms with Gasteiger partial charge in [0.2, 0.25) is 10.0 Å². The van der Waals surface area contributed by atoms with Gasteiger partial charge in [0.05, 0.1) is 42.1 Å². The number of aromatic nitrogens is 2. The summed E-state index contributed by atoms with van der Waals surface area (Å²) in [6.45, 7) is 2.44. The highest BCUT2D eigenvalue weighted by Gasteiger charge is 2.31. The van der Waals surface area contributed by atoms with Crippen LogP contribution in [-0.4, -0.2) is 50.1 Å². The van der Waals surface area contributed by atoms with E-state index in [-0.39, 0.29) is 17.0 Å². The lowest BCUT2D eigenvalue weighted by atomic mass is 10.1. The molecule has 0 spiro atoms. The van der Waals surface area contributed by atoms with E-state index in [0.717, 1.165) is 0 Å². The second-order valence-electron chi connectivity index (χ2n) is 7.06. The maximum atomic E-state index is 13.3. The van der Waals surface area contributed by atoms with Crippen LogP contribution in [0.25, 0.3) is 10.9 Å². The van der Waals surface area contributed by atoms with Gasteiger partial charge in [-0.05, 0) is 42.8 Å². The van der Waals surface area contributed by atoms with Gasteiger partial charge in [0.25, 0.3) is 5.56 Å². The van der Waals surface area contributed by atoms with Gasteiger partial charge in [-0.1, -0.05) is 19.1 Å². The largest absolute Gasteiger partial charge is 0.497 e. The fourth-order valence-corrected chi connectivity index (χ4v) is 4.91. The van der Waals surface area contributed by atoms with Crippen LogP contribution in [0.4, 0.5) is 0 Å². The first-order chi connectivity index (χ1) is 14.8. The number of hydrogen-bond donors (Lipinski definition) is 0. The van der Waals surface area contributed by atoms with Crippen LogP contribution in [0.5, 0.6) is 5.75 Å². The third kappa shape index (κ3) is 4.48. The highest BCUT2D eigenvalue weighted by Crippen LogP contribution is 2.29. The Bertz CT molecular complexity index is 1210. The Labute approximate surface area is 182 Å². The zero-order valence-corrected chi connectivity index (χ0v) is 18.9. The topological polar surface area (TPSA) is 90.7 Å². The number of fused-ring (bicyclic) bond motifs is 1. The average Bonchev–Trinajstić information content (AvgIpc) is 2.79. The standard InChI is InChI=1S/C22H27N3O5S/c1-5-20(24(2)31(27,28)17-12-10-16(30-4)11-13-17)21-23-19-9-7-6-8-18(19)22(26)25(21)14-15-29-3/h6-13,20H,5,14-15H2,1-4H3. The van der Waals surface area contributed by atoms with E-state index in [0.29, 0.717) is 35.5 Å². The van der Waals surface area contributed by atoms with E-state index in [1.165, 1.54) is 35.2 Å². The molecule has 0 aliphatic carbocycles. The van der Waals surface area contributed by atoms with Gasteiger partial charge < -0.3 is 9.47 Å². The maximum absolute atomic E-state index is 13.3. The highest BCUT2D eigenvalue weighted by atomic mass is 32.2. The summed E-state index contributed by atoms with van der Waals surface area (Å²) >= 11 is 0. The van der Waals surface area contributed by atoms with E-state index < -0.39 is 16.1 Å². The molecule has 8 nitrogen and oxygen atoms in total. The zero-order chi connectivity index (χ0) is 22.6. The number of nitrogens with zero attached hydrogens (tertiary/aromatic N) is 3. The summed E-state index contributed by atoms with van der Waals surface area (Å²) in [6, 6.07) is 12.6. The van der Waals surface area contributed by atoms with Gasteiger partial charge in [0, 0.05) is 14.2 Å². The van der Waals surface area contributed by atoms with Crippen molar-refractivity contribution in [1.29, 1.82) is 0 Å². The van der Waals surface area contributed by atoms with Gasteiger partial charge in [-0.3, -0.25) is 9.36 Å². The van der Waals surface area contributed by atoms with Crippen LogP contribution in [-0.2, 0) is 21.3 Å². The maximum Gasteiger partial charge on any atom is 0.261 e. The van der Waals surface area contributed by atoms with Crippen molar-refractivity contribution in [2.45, 2.75) is 30.8 Å².